The zero-order chi connectivity index (χ0) is 18.3. The Hall–Kier alpha value is -2.93. The van der Waals surface area contributed by atoms with Crippen molar-refractivity contribution in [2.45, 2.75) is 37.8 Å². The molecule has 1 aliphatic rings. The summed E-state index contributed by atoms with van der Waals surface area (Å²) in [5, 5.41) is 7.90. The van der Waals surface area contributed by atoms with Gasteiger partial charge in [0.25, 0.3) is 5.91 Å². The van der Waals surface area contributed by atoms with E-state index in [1.54, 1.807) is 30.3 Å². The van der Waals surface area contributed by atoms with Crippen molar-refractivity contribution < 1.29 is 4.79 Å². The first kappa shape index (κ1) is 16.5. The Bertz CT molecular complexity index is 989. The highest BCUT2D eigenvalue weighted by Gasteiger charge is 2.22. The number of carbonyl (C=O) groups excluding carboxylic acids is 1. The molecule has 2 unspecified atom stereocenters. The number of fused-ring (bicyclic) bond motifs is 1. The van der Waals surface area contributed by atoms with Crippen molar-refractivity contribution in [3.05, 3.63) is 46.1 Å². The molecule has 0 saturated heterocycles. The van der Waals surface area contributed by atoms with E-state index in [2.05, 4.69) is 15.6 Å². The monoisotopic (exact) mass is 351 g/mol. The molecule has 3 aromatic rings. The summed E-state index contributed by atoms with van der Waals surface area (Å²) >= 11 is 0. The summed E-state index contributed by atoms with van der Waals surface area (Å²) in [4.78, 5) is 27.8. The summed E-state index contributed by atoms with van der Waals surface area (Å²) in [5.41, 5.74) is 12.7. The van der Waals surface area contributed by atoms with E-state index in [0.717, 1.165) is 31.1 Å². The van der Waals surface area contributed by atoms with Crippen molar-refractivity contribution in [2.24, 2.45) is 11.5 Å². The molecule has 1 fully saturated rings. The molecular formula is C19H21N5O2. The summed E-state index contributed by atoms with van der Waals surface area (Å²) in [7, 11) is 0. The summed E-state index contributed by atoms with van der Waals surface area (Å²) in [6.45, 7) is 0. The maximum atomic E-state index is 11.7. The Labute approximate surface area is 150 Å². The number of hydrogen-bond donors (Lipinski definition) is 4. The third-order valence-electron chi connectivity index (χ3n) is 5.02. The fourth-order valence-electron chi connectivity index (χ4n) is 3.46. The second-order valence-electron chi connectivity index (χ2n) is 6.87. The van der Waals surface area contributed by atoms with E-state index in [1.165, 1.54) is 0 Å². The number of nitrogens with two attached hydrogens (primary N) is 2. The first-order valence-corrected chi connectivity index (χ1v) is 8.81. The molecule has 1 saturated carbocycles. The second kappa shape index (κ2) is 6.42. The van der Waals surface area contributed by atoms with Crippen LogP contribution in [-0.4, -0.2) is 23.0 Å². The number of nitrogens with one attached hydrogen (secondary N) is 2. The van der Waals surface area contributed by atoms with E-state index in [9.17, 15) is 9.59 Å². The smallest absolute Gasteiger partial charge is 0.252 e. The number of primary amides is 1. The van der Waals surface area contributed by atoms with E-state index >= 15 is 0 Å². The molecule has 0 bridgehead atoms. The first-order chi connectivity index (χ1) is 12.5. The van der Waals surface area contributed by atoms with Crippen LogP contribution < -0.4 is 27.5 Å². The van der Waals surface area contributed by atoms with Crippen molar-refractivity contribution in [1.82, 2.24) is 4.98 Å². The second-order valence-corrected chi connectivity index (χ2v) is 6.87. The van der Waals surface area contributed by atoms with E-state index < -0.39 is 5.91 Å². The maximum absolute atomic E-state index is 11.7. The third kappa shape index (κ3) is 3.13. The van der Waals surface area contributed by atoms with Gasteiger partial charge in [0.2, 0.25) is 0 Å². The van der Waals surface area contributed by atoms with Gasteiger partial charge in [-0.25, -0.2) is 4.98 Å². The van der Waals surface area contributed by atoms with Crippen LogP contribution in [-0.2, 0) is 0 Å². The van der Waals surface area contributed by atoms with Gasteiger partial charge in [-0.2, -0.15) is 0 Å². The zero-order valence-electron chi connectivity index (χ0n) is 14.3. The lowest BCUT2D eigenvalue weighted by Gasteiger charge is -2.29. The molecule has 4 rings (SSSR count). The molecule has 0 radical (unpaired) electrons. The molecule has 1 heterocycles. The van der Waals surface area contributed by atoms with Crippen molar-refractivity contribution in [3.63, 3.8) is 0 Å². The average Bonchev–Trinajstić information content (AvgIpc) is 3.26. The highest BCUT2D eigenvalue weighted by atomic mass is 16.1. The molecule has 1 amide bonds. The molecule has 7 heteroatoms. The Balaban J connectivity index is 1.60. The number of benzene rings is 1. The third-order valence-corrected chi connectivity index (χ3v) is 5.02. The molecule has 2 aromatic carbocycles. The minimum absolute atomic E-state index is 0.0582. The van der Waals surface area contributed by atoms with Gasteiger partial charge in [0, 0.05) is 28.5 Å². The summed E-state index contributed by atoms with van der Waals surface area (Å²) in [6, 6.07) is 8.93. The van der Waals surface area contributed by atoms with Crippen LogP contribution in [0, 0.1) is 0 Å². The molecule has 2 atom stereocenters. The molecule has 1 aromatic heterocycles. The van der Waals surface area contributed by atoms with Crippen molar-refractivity contribution in [3.8, 4) is 0 Å². The van der Waals surface area contributed by atoms with Crippen LogP contribution in [0.4, 0.5) is 17.3 Å². The van der Waals surface area contributed by atoms with E-state index in [-0.39, 0.29) is 17.5 Å². The highest BCUT2D eigenvalue weighted by molar-refractivity contribution is 6.01. The van der Waals surface area contributed by atoms with Crippen LogP contribution >= 0.6 is 0 Å². The highest BCUT2D eigenvalue weighted by Crippen LogP contribution is 2.26. The fourth-order valence-corrected chi connectivity index (χ4v) is 3.46. The van der Waals surface area contributed by atoms with Gasteiger partial charge in [0.05, 0.1) is 5.56 Å². The largest absolute Gasteiger partial charge is 0.366 e. The number of carbonyl (C=O) groups is 1. The molecule has 0 aliphatic heterocycles. The Morgan fingerprint density at radius 2 is 1.92 bits per heavy atom. The Morgan fingerprint density at radius 1 is 1.12 bits per heavy atom. The number of anilines is 3. The number of nitrogens with zero attached hydrogens (tertiary/aromatic N) is 1. The number of rotatable bonds is 5. The summed E-state index contributed by atoms with van der Waals surface area (Å²) < 4.78 is 0. The lowest BCUT2D eigenvalue weighted by molar-refractivity contribution is 0.100. The van der Waals surface area contributed by atoms with Crippen LogP contribution in [0.3, 0.4) is 0 Å². The fraction of sp³-hybridized carbons (Fsp3) is 0.316. The molecule has 134 valence electrons. The van der Waals surface area contributed by atoms with E-state index in [1.807, 2.05) is 0 Å². The van der Waals surface area contributed by atoms with Crippen LogP contribution in [0.5, 0.6) is 0 Å². The zero-order valence-corrected chi connectivity index (χ0v) is 14.3. The number of pyridine rings is 1. The Morgan fingerprint density at radius 3 is 2.65 bits per heavy atom. The quantitative estimate of drug-likeness (QED) is 0.557. The number of hydrogen-bond acceptors (Lipinski definition) is 6. The minimum atomic E-state index is -0.566. The normalized spacial score (nSPS) is 20.3. The predicted molar refractivity (Wildman–Crippen MR) is 102 cm³/mol. The standard InChI is InChI=1S/C19H21N5O2/c20-14-3-1-2-4-15(14)23-16-8-7-12(18(21)26)19(24-16)22-10-5-6-11-13(9-10)17(11)25/h5-9,14-15H,1-4,20H2,(H2,21,26)(H2,22,23,24). The van der Waals surface area contributed by atoms with Gasteiger partial charge in [-0.05, 0) is 43.2 Å². The van der Waals surface area contributed by atoms with Gasteiger partial charge in [0.15, 0.2) is 5.43 Å². The molecular weight excluding hydrogens is 330 g/mol. The van der Waals surface area contributed by atoms with E-state index in [4.69, 9.17) is 11.5 Å². The average molecular weight is 351 g/mol. The van der Waals surface area contributed by atoms with Crippen molar-refractivity contribution in [1.29, 1.82) is 0 Å². The molecule has 7 nitrogen and oxygen atoms in total. The molecule has 6 N–H and O–H groups in total. The first-order valence-electron chi connectivity index (χ1n) is 8.81. The topological polar surface area (TPSA) is 123 Å². The molecule has 0 spiro atoms. The van der Waals surface area contributed by atoms with Gasteiger partial charge >= 0.3 is 0 Å². The number of aromatic nitrogens is 1. The SMILES string of the molecule is NC(=O)c1ccc(NC2CCCCC2N)nc1Nc1ccc2c(=O)c2c1. The molecule has 1 aliphatic carbocycles. The lowest BCUT2D eigenvalue weighted by Crippen LogP contribution is -2.42. The van der Waals surface area contributed by atoms with Gasteiger partial charge in [-0.1, -0.05) is 12.8 Å². The van der Waals surface area contributed by atoms with Crippen molar-refractivity contribution in [2.75, 3.05) is 10.6 Å². The predicted octanol–water partition coefficient (Wildman–Crippen LogP) is 1.99. The summed E-state index contributed by atoms with van der Waals surface area (Å²) in [6.07, 6.45) is 4.28. The van der Waals surface area contributed by atoms with Crippen LogP contribution in [0.2, 0.25) is 0 Å². The van der Waals surface area contributed by atoms with E-state index in [0.29, 0.717) is 28.3 Å². The van der Waals surface area contributed by atoms with Crippen LogP contribution in [0.15, 0.2) is 35.1 Å². The van der Waals surface area contributed by atoms with Crippen molar-refractivity contribution >= 4 is 34.0 Å². The van der Waals surface area contributed by atoms with Crippen LogP contribution in [0.25, 0.3) is 10.8 Å². The Kier molecular flexibility index (Phi) is 4.08. The van der Waals surface area contributed by atoms with Gasteiger partial charge in [0.1, 0.15) is 11.6 Å². The minimum Gasteiger partial charge on any atom is -0.366 e. The van der Waals surface area contributed by atoms with Gasteiger partial charge in [-0.15, -0.1) is 0 Å². The van der Waals surface area contributed by atoms with Gasteiger partial charge < -0.3 is 22.1 Å². The summed E-state index contributed by atoms with van der Waals surface area (Å²) in [5.74, 6) is 0.436. The number of amides is 1. The molecule has 26 heavy (non-hydrogen) atoms. The maximum Gasteiger partial charge on any atom is 0.252 e. The van der Waals surface area contributed by atoms with Gasteiger partial charge in [-0.3, -0.25) is 9.59 Å². The van der Waals surface area contributed by atoms with Crippen LogP contribution in [0.1, 0.15) is 36.0 Å². The lowest BCUT2D eigenvalue weighted by atomic mass is 9.91.